The van der Waals surface area contributed by atoms with Crippen LogP contribution in [0.3, 0.4) is 0 Å². The SMILES string of the molecule is COC(=O)c1cnc(C=CCS)s1. The molecule has 0 bridgehead atoms. The van der Waals surface area contributed by atoms with Crippen molar-refractivity contribution in [1.82, 2.24) is 4.98 Å². The Labute approximate surface area is 85.9 Å². The van der Waals surface area contributed by atoms with Gasteiger partial charge in [0.05, 0.1) is 13.3 Å². The molecule has 0 aliphatic heterocycles. The highest BCUT2D eigenvalue weighted by molar-refractivity contribution is 7.80. The number of ether oxygens (including phenoxy) is 1. The molecule has 13 heavy (non-hydrogen) atoms. The number of carbonyl (C=O) groups is 1. The molecule has 5 heteroatoms. The zero-order valence-corrected chi connectivity index (χ0v) is 8.77. The van der Waals surface area contributed by atoms with E-state index in [-0.39, 0.29) is 5.97 Å². The Morgan fingerprint density at radius 1 is 1.85 bits per heavy atom. The summed E-state index contributed by atoms with van der Waals surface area (Å²) in [6.07, 6.45) is 5.20. The van der Waals surface area contributed by atoms with Crippen molar-refractivity contribution < 1.29 is 9.53 Å². The summed E-state index contributed by atoms with van der Waals surface area (Å²) in [7, 11) is 1.35. The minimum atomic E-state index is -0.344. The van der Waals surface area contributed by atoms with Crippen LogP contribution < -0.4 is 0 Å². The van der Waals surface area contributed by atoms with Crippen LogP contribution in [0.25, 0.3) is 6.08 Å². The second-order valence-corrected chi connectivity index (χ2v) is 3.57. The summed E-state index contributed by atoms with van der Waals surface area (Å²) in [6.45, 7) is 0. The maximum atomic E-state index is 11.0. The Morgan fingerprint density at radius 3 is 3.23 bits per heavy atom. The summed E-state index contributed by atoms with van der Waals surface area (Å²) >= 11 is 5.31. The first-order valence-electron chi connectivity index (χ1n) is 3.59. The number of hydrogen-bond acceptors (Lipinski definition) is 5. The Kier molecular flexibility index (Phi) is 3.98. The van der Waals surface area contributed by atoms with E-state index in [9.17, 15) is 4.79 Å². The van der Waals surface area contributed by atoms with Gasteiger partial charge >= 0.3 is 5.97 Å². The lowest BCUT2D eigenvalue weighted by Crippen LogP contribution is -1.96. The maximum Gasteiger partial charge on any atom is 0.349 e. The predicted molar refractivity (Wildman–Crippen MR) is 56.3 cm³/mol. The number of rotatable bonds is 3. The zero-order valence-electron chi connectivity index (χ0n) is 7.06. The molecular weight excluding hydrogens is 206 g/mol. The van der Waals surface area contributed by atoms with Crippen molar-refractivity contribution >= 4 is 36.0 Å². The van der Waals surface area contributed by atoms with E-state index >= 15 is 0 Å². The summed E-state index contributed by atoms with van der Waals surface area (Å²) in [5, 5.41) is 0.787. The van der Waals surface area contributed by atoms with Crippen molar-refractivity contribution in [1.29, 1.82) is 0 Å². The van der Waals surface area contributed by atoms with Crippen molar-refractivity contribution in [3.8, 4) is 0 Å². The van der Waals surface area contributed by atoms with Gasteiger partial charge in [-0.3, -0.25) is 0 Å². The van der Waals surface area contributed by atoms with E-state index < -0.39 is 0 Å². The van der Waals surface area contributed by atoms with E-state index in [0.717, 1.165) is 5.01 Å². The molecule has 70 valence electrons. The molecule has 0 aromatic carbocycles. The van der Waals surface area contributed by atoms with Gasteiger partial charge in [-0.15, -0.1) is 11.3 Å². The highest BCUT2D eigenvalue weighted by atomic mass is 32.1. The number of nitrogens with zero attached hydrogens (tertiary/aromatic N) is 1. The largest absolute Gasteiger partial charge is 0.465 e. The first-order valence-corrected chi connectivity index (χ1v) is 5.04. The van der Waals surface area contributed by atoms with Crippen LogP contribution in [-0.2, 0) is 4.74 Å². The molecule has 0 spiro atoms. The molecule has 1 aromatic rings. The lowest BCUT2D eigenvalue weighted by atomic mass is 10.5. The first-order chi connectivity index (χ1) is 6.27. The Balaban J connectivity index is 2.74. The van der Waals surface area contributed by atoms with Crippen LogP contribution in [0.4, 0.5) is 0 Å². The van der Waals surface area contributed by atoms with Crippen LogP contribution in [0, 0.1) is 0 Å². The molecule has 3 nitrogen and oxygen atoms in total. The average Bonchev–Trinajstić information content (AvgIpc) is 2.62. The molecule has 0 unspecified atom stereocenters. The van der Waals surface area contributed by atoms with Gasteiger partial charge in [0.1, 0.15) is 9.88 Å². The molecule has 0 saturated heterocycles. The fourth-order valence-corrected chi connectivity index (χ4v) is 1.59. The molecular formula is C8H9NO2S2. The average molecular weight is 215 g/mol. The Bertz CT molecular complexity index is 320. The van der Waals surface area contributed by atoms with Crippen LogP contribution in [0.15, 0.2) is 12.3 Å². The van der Waals surface area contributed by atoms with Gasteiger partial charge in [-0.2, -0.15) is 12.6 Å². The third-order valence-electron chi connectivity index (χ3n) is 1.28. The molecule has 0 N–H and O–H groups in total. The standard InChI is InChI=1S/C8H9NO2S2/c1-11-8(10)6-5-9-7(13-6)3-2-4-12/h2-3,5,12H,4H2,1H3. The third kappa shape index (κ3) is 2.86. The number of hydrogen-bond donors (Lipinski definition) is 1. The van der Waals surface area contributed by atoms with Crippen LogP contribution >= 0.6 is 24.0 Å². The summed E-state index contributed by atoms with van der Waals surface area (Å²) in [5.41, 5.74) is 0. The molecule has 0 amide bonds. The van der Waals surface area contributed by atoms with Gasteiger partial charge in [0.2, 0.25) is 0 Å². The van der Waals surface area contributed by atoms with Gasteiger partial charge in [-0.1, -0.05) is 6.08 Å². The molecule has 0 atom stereocenters. The second-order valence-electron chi connectivity index (χ2n) is 2.14. The molecule has 0 aliphatic carbocycles. The minimum absolute atomic E-state index is 0.344. The van der Waals surface area contributed by atoms with E-state index in [0.29, 0.717) is 10.6 Å². The smallest absolute Gasteiger partial charge is 0.349 e. The fraction of sp³-hybridized carbons (Fsp3) is 0.250. The number of thiol groups is 1. The normalized spacial score (nSPS) is 10.6. The summed E-state index contributed by atoms with van der Waals surface area (Å²) in [6, 6.07) is 0. The lowest BCUT2D eigenvalue weighted by Gasteiger charge is -1.89. The highest BCUT2D eigenvalue weighted by Crippen LogP contribution is 2.14. The van der Waals surface area contributed by atoms with Gasteiger partial charge in [-0.25, -0.2) is 9.78 Å². The number of thiazole rings is 1. The van der Waals surface area contributed by atoms with Crippen LogP contribution in [0.5, 0.6) is 0 Å². The van der Waals surface area contributed by atoms with Crippen LogP contribution in [0.2, 0.25) is 0 Å². The number of carbonyl (C=O) groups excluding carboxylic acids is 1. The molecule has 0 saturated carbocycles. The van der Waals surface area contributed by atoms with Gasteiger partial charge in [0.25, 0.3) is 0 Å². The van der Waals surface area contributed by atoms with Gasteiger partial charge in [0, 0.05) is 5.75 Å². The summed E-state index contributed by atoms with van der Waals surface area (Å²) < 4.78 is 4.55. The predicted octanol–water partition coefficient (Wildman–Crippen LogP) is 1.87. The number of methoxy groups -OCH3 is 1. The first kappa shape index (κ1) is 10.3. The van der Waals surface area contributed by atoms with E-state index in [1.165, 1.54) is 24.6 Å². The van der Waals surface area contributed by atoms with Crippen molar-refractivity contribution in [2.24, 2.45) is 0 Å². The number of esters is 1. The molecule has 1 heterocycles. The lowest BCUT2D eigenvalue weighted by molar-refractivity contribution is 0.0606. The van der Waals surface area contributed by atoms with Crippen LogP contribution in [0.1, 0.15) is 14.7 Å². The third-order valence-corrected chi connectivity index (χ3v) is 2.43. The summed E-state index contributed by atoms with van der Waals surface area (Å²) in [4.78, 5) is 15.5. The molecule has 0 radical (unpaired) electrons. The summed E-state index contributed by atoms with van der Waals surface area (Å²) in [5.74, 6) is 0.315. The molecule has 0 aliphatic rings. The Morgan fingerprint density at radius 2 is 2.62 bits per heavy atom. The second kappa shape index (κ2) is 5.04. The fourth-order valence-electron chi connectivity index (χ4n) is 0.713. The van der Waals surface area contributed by atoms with E-state index in [1.807, 2.05) is 12.2 Å². The monoisotopic (exact) mass is 215 g/mol. The zero-order chi connectivity index (χ0) is 9.68. The quantitative estimate of drug-likeness (QED) is 0.618. The highest BCUT2D eigenvalue weighted by Gasteiger charge is 2.08. The van der Waals surface area contributed by atoms with Gasteiger partial charge in [0.15, 0.2) is 0 Å². The molecule has 0 fully saturated rings. The van der Waals surface area contributed by atoms with Gasteiger partial charge < -0.3 is 4.74 Å². The van der Waals surface area contributed by atoms with Crippen molar-refractivity contribution in [2.45, 2.75) is 0 Å². The van der Waals surface area contributed by atoms with Crippen LogP contribution in [-0.4, -0.2) is 23.8 Å². The maximum absolute atomic E-state index is 11.0. The van der Waals surface area contributed by atoms with Crippen molar-refractivity contribution in [3.63, 3.8) is 0 Å². The minimum Gasteiger partial charge on any atom is -0.465 e. The molecule has 1 rings (SSSR count). The van der Waals surface area contributed by atoms with E-state index in [4.69, 9.17) is 0 Å². The van der Waals surface area contributed by atoms with Gasteiger partial charge in [-0.05, 0) is 6.08 Å². The Hall–Kier alpha value is -0.810. The van der Waals surface area contributed by atoms with Crippen molar-refractivity contribution in [3.05, 3.63) is 22.2 Å². The molecule has 1 aromatic heterocycles. The van der Waals surface area contributed by atoms with E-state index in [1.54, 1.807) is 0 Å². The van der Waals surface area contributed by atoms with Crippen molar-refractivity contribution in [2.75, 3.05) is 12.9 Å². The topological polar surface area (TPSA) is 39.2 Å². The number of aromatic nitrogens is 1. The van der Waals surface area contributed by atoms with E-state index in [2.05, 4.69) is 22.3 Å².